The van der Waals surface area contributed by atoms with E-state index in [2.05, 4.69) is 182 Å². The first-order valence-corrected chi connectivity index (χ1v) is 20.8. The maximum Gasteiger partial charge on any atom is 0.171 e. The Morgan fingerprint density at radius 2 is 0.741 bits per heavy atom. The molecule has 0 saturated heterocycles. The molecule has 4 heteroatoms. The average Bonchev–Trinajstić information content (AvgIpc) is 2.99. The zero-order valence-electron chi connectivity index (χ0n) is 39.0. The van der Waals surface area contributed by atoms with Crippen molar-refractivity contribution in [1.29, 1.82) is 0 Å². The molecular formula is C50H84O4. The number of rotatable bonds is 8. The van der Waals surface area contributed by atoms with Crippen LogP contribution < -0.4 is 0 Å². The first kappa shape index (κ1) is 46.5. The lowest BCUT2D eigenvalue weighted by molar-refractivity contribution is -0.124. The minimum absolute atomic E-state index is 0.00935. The van der Waals surface area contributed by atoms with Crippen LogP contribution in [0.1, 0.15) is 165 Å². The van der Waals surface area contributed by atoms with Crippen molar-refractivity contribution in [3.05, 3.63) is 70.1 Å². The minimum Gasteiger partial charge on any atom is -0.477 e. The van der Waals surface area contributed by atoms with Crippen LogP contribution >= 0.6 is 0 Å². The molecule has 0 saturated carbocycles. The van der Waals surface area contributed by atoms with Crippen molar-refractivity contribution in [2.75, 3.05) is 19.8 Å². The van der Waals surface area contributed by atoms with Crippen molar-refractivity contribution in [2.45, 2.75) is 170 Å². The molecule has 54 heavy (non-hydrogen) atoms. The van der Waals surface area contributed by atoms with Gasteiger partial charge < -0.3 is 20.1 Å². The minimum atomic E-state index is -1.50. The molecule has 3 unspecified atom stereocenters. The molecule has 0 aromatic carbocycles. The maximum absolute atomic E-state index is 11.8. The summed E-state index contributed by atoms with van der Waals surface area (Å²) in [4.78, 5) is 0. The zero-order chi connectivity index (χ0) is 42.2. The smallest absolute Gasteiger partial charge is 0.171 e. The predicted molar refractivity (Wildman–Crippen MR) is 231 cm³/mol. The van der Waals surface area contributed by atoms with Gasteiger partial charge in [-0.1, -0.05) is 187 Å². The van der Waals surface area contributed by atoms with Crippen LogP contribution in [0.3, 0.4) is 0 Å². The van der Waals surface area contributed by atoms with Gasteiger partial charge in [0.1, 0.15) is 5.76 Å². The highest BCUT2D eigenvalue weighted by molar-refractivity contribution is 5.58. The van der Waals surface area contributed by atoms with E-state index in [1.807, 2.05) is 0 Å². The van der Waals surface area contributed by atoms with Crippen molar-refractivity contribution >= 4 is 0 Å². The second kappa shape index (κ2) is 14.2. The third-order valence-electron chi connectivity index (χ3n) is 15.0. The standard InChI is InChI=1S/C50H84O4/c1-40(2,3)36-28-46(19,43(10,11)12)25-22-34(36)50(49(31-51,32-52)33-53,35-23-26-47(20,44(13,14)15)29-37(35)41(4,5)6)54-39-24-27-48(21,45(16,17)18)30-38(39)42(7,8)9/h22-27,51-53H,28-33H2,1-21H3. The van der Waals surface area contributed by atoms with Gasteiger partial charge in [0.2, 0.25) is 0 Å². The number of ether oxygens (including phenoxy) is 1. The number of hydrogen-bond acceptors (Lipinski definition) is 4. The van der Waals surface area contributed by atoms with Crippen LogP contribution in [0, 0.1) is 54.1 Å². The molecule has 3 aliphatic carbocycles. The molecule has 0 spiro atoms. The summed E-state index contributed by atoms with van der Waals surface area (Å²) in [6.07, 6.45) is 16.1. The predicted octanol–water partition coefficient (Wildman–Crippen LogP) is 12.7. The van der Waals surface area contributed by atoms with Gasteiger partial charge in [0.15, 0.2) is 5.60 Å². The Labute approximate surface area is 333 Å². The Hall–Kier alpha value is -1.88. The number of aliphatic hydroxyl groups is 3. The van der Waals surface area contributed by atoms with E-state index in [-0.39, 0.29) is 48.7 Å². The maximum atomic E-state index is 11.8. The molecule has 4 nitrogen and oxygen atoms in total. The van der Waals surface area contributed by atoms with Gasteiger partial charge >= 0.3 is 0 Å². The SMILES string of the molecule is CC(C)(C)C1=C(OC(C2=C(C(C)(C)C)CC(C)(C(C)(C)C)C=C2)(C2=C(C(C)(C)C)CC(C)(C(C)(C)C)C=C2)C(CO)(CO)CO)C=CC(C)(C(C)(C)C)C1. The Morgan fingerprint density at radius 3 is 1.00 bits per heavy atom. The molecule has 0 heterocycles. The summed E-state index contributed by atoms with van der Waals surface area (Å²) in [5, 5.41) is 35.5. The highest BCUT2D eigenvalue weighted by atomic mass is 16.5. The fraction of sp³-hybridized carbons (Fsp3) is 0.760. The molecule has 0 aromatic heterocycles. The van der Waals surface area contributed by atoms with E-state index in [1.54, 1.807) is 0 Å². The van der Waals surface area contributed by atoms with E-state index >= 15 is 0 Å². The second-order valence-electron chi connectivity index (χ2n) is 24.4. The normalized spacial score (nSPS) is 27.9. The zero-order valence-corrected chi connectivity index (χ0v) is 39.0. The molecule has 0 amide bonds. The van der Waals surface area contributed by atoms with E-state index in [9.17, 15) is 15.3 Å². The van der Waals surface area contributed by atoms with Crippen LogP contribution in [-0.4, -0.2) is 40.7 Å². The summed E-state index contributed by atoms with van der Waals surface area (Å²) in [6, 6.07) is 0. The summed E-state index contributed by atoms with van der Waals surface area (Å²) >= 11 is 0. The Kier molecular flexibility index (Phi) is 12.2. The van der Waals surface area contributed by atoms with E-state index in [4.69, 9.17) is 4.74 Å². The van der Waals surface area contributed by atoms with Crippen LogP contribution in [0.15, 0.2) is 70.1 Å². The van der Waals surface area contributed by atoms with Crippen LogP contribution in [0.4, 0.5) is 0 Å². The van der Waals surface area contributed by atoms with Gasteiger partial charge in [-0.25, -0.2) is 0 Å². The molecule has 0 fully saturated rings. The third-order valence-corrected chi connectivity index (χ3v) is 15.0. The first-order chi connectivity index (χ1) is 24.0. The quantitative estimate of drug-likeness (QED) is 0.231. The molecule has 3 aliphatic rings. The van der Waals surface area contributed by atoms with Crippen LogP contribution in [0.2, 0.25) is 0 Å². The lowest BCUT2D eigenvalue weighted by Gasteiger charge is -2.57. The molecule has 0 bridgehead atoms. The van der Waals surface area contributed by atoms with Crippen LogP contribution in [0.25, 0.3) is 0 Å². The highest BCUT2D eigenvalue weighted by Crippen LogP contribution is 2.62. The summed E-state index contributed by atoms with van der Waals surface area (Å²) in [5.41, 5.74) is 1.12. The molecule has 3 atom stereocenters. The average molecular weight is 749 g/mol. The van der Waals surface area contributed by atoms with Crippen LogP contribution in [-0.2, 0) is 4.74 Å². The molecule has 3 N–H and O–H groups in total. The Morgan fingerprint density at radius 1 is 0.463 bits per heavy atom. The monoisotopic (exact) mass is 749 g/mol. The fourth-order valence-corrected chi connectivity index (χ4v) is 8.51. The van der Waals surface area contributed by atoms with Crippen molar-refractivity contribution in [3.8, 4) is 0 Å². The van der Waals surface area contributed by atoms with Gasteiger partial charge in [0.05, 0.1) is 25.2 Å². The Balaban J connectivity index is 2.79. The molecule has 0 radical (unpaired) electrons. The van der Waals surface area contributed by atoms with Gasteiger partial charge in [-0.15, -0.1) is 0 Å². The first-order valence-electron chi connectivity index (χ1n) is 20.8. The van der Waals surface area contributed by atoms with Crippen molar-refractivity contribution in [1.82, 2.24) is 0 Å². The van der Waals surface area contributed by atoms with Gasteiger partial charge in [-0.05, 0) is 79.6 Å². The topological polar surface area (TPSA) is 69.9 Å². The summed E-state index contributed by atoms with van der Waals surface area (Å²) in [6.45, 7) is 46.8. The summed E-state index contributed by atoms with van der Waals surface area (Å²) in [5.74, 6) is 0.764. The molecule has 3 rings (SSSR count). The summed E-state index contributed by atoms with van der Waals surface area (Å²) < 4.78 is 7.99. The van der Waals surface area contributed by atoms with Crippen LogP contribution in [0.5, 0.6) is 0 Å². The number of allylic oxidation sites excluding steroid dienone is 7. The number of hydrogen-bond donors (Lipinski definition) is 3. The van der Waals surface area contributed by atoms with Gasteiger partial charge in [-0.2, -0.15) is 0 Å². The highest BCUT2D eigenvalue weighted by Gasteiger charge is 2.62. The third kappa shape index (κ3) is 7.98. The van der Waals surface area contributed by atoms with Crippen molar-refractivity contribution in [2.24, 2.45) is 54.1 Å². The van der Waals surface area contributed by atoms with E-state index in [0.29, 0.717) is 0 Å². The van der Waals surface area contributed by atoms with Gasteiger partial charge in [0, 0.05) is 11.1 Å². The van der Waals surface area contributed by atoms with E-state index in [1.165, 1.54) is 16.7 Å². The molecule has 0 aromatic rings. The second-order valence-corrected chi connectivity index (χ2v) is 24.4. The van der Waals surface area contributed by atoms with Crippen molar-refractivity contribution in [3.63, 3.8) is 0 Å². The molecule has 0 aliphatic heterocycles. The Bertz CT molecular complexity index is 1510. The van der Waals surface area contributed by atoms with Gasteiger partial charge in [0.25, 0.3) is 0 Å². The fourth-order valence-electron chi connectivity index (χ4n) is 8.51. The summed E-state index contributed by atoms with van der Waals surface area (Å²) in [7, 11) is 0. The largest absolute Gasteiger partial charge is 0.477 e. The van der Waals surface area contributed by atoms with E-state index in [0.717, 1.165) is 36.2 Å². The van der Waals surface area contributed by atoms with E-state index < -0.39 is 30.8 Å². The van der Waals surface area contributed by atoms with Gasteiger partial charge in [-0.3, -0.25) is 0 Å². The lowest BCUT2D eigenvalue weighted by Crippen LogP contribution is -2.61. The molecular weight excluding hydrogens is 665 g/mol. The number of aliphatic hydroxyl groups excluding tert-OH is 3. The lowest BCUT2D eigenvalue weighted by atomic mass is 9.52. The molecule has 308 valence electrons. The van der Waals surface area contributed by atoms with Crippen molar-refractivity contribution < 1.29 is 20.1 Å².